The SMILES string of the molecule is CCN(Cc1nnn(C)n1)Cc1ccccc1N. The highest BCUT2D eigenvalue weighted by molar-refractivity contribution is 5.46. The Balaban J connectivity index is 2.04. The number of aromatic nitrogens is 4. The number of para-hydroxylation sites is 1. The summed E-state index contributed by atoms with van der Waals surface area (Å²) >= 11 is 0. The van der Waals surface area contributed by atoms with Gasteiger partial charge < -0.3 is 5.73 Å². The molecular formula is C12H18N6. The Kier molecular flexibility index (Phi) is 3.88. The number of nitrogens with two attached hydrogens (primary N) is 1. The molecule has 18 heavy (non-hydrogen) atoms. The first-order chi connectivity index (χ1) is 8.69. The molecule has 1 aromatic carbocycles. The van der Waals surface area contributed by atoms with Crippen molar-refractivity contribution in [2.24, 2.45) is 7.05 Å². The Morgan fingerprint density at radius 3 is 2.67 bits per heavy atom. The van der Waals surface area contributed by atoms with E-state index in [1.807, 2.05) is 24.3 Å². The predicted molar refractivity (Wildman–Crippen MR) is 69.4 cm³/mol. The molecule has 0 saturated heterocycles. The minimum atomic E-state index is 0.679. The first-order valence-corrected chi connectivity index (χ1v) is 5.97. The van der Waals surface area contributed by atoms with Crippen LogP contribution in [0.2, 0.25) is 0 Å². The Bertz CT molecular complexity index is 507. The summed E-state index contributed by atoms with van der Waals surface area (Å²) in [5.74, 6) is 0.730. The summed E-state index contributed by atoms with van der Waals surface area (Å²) in [6, 6.07) is 7.91. The van der Waals surface area contributed by atoms with E-state index in [0.29, 0.717) is 6.54 Å². The monoisotopic (exact) mass is 246 g/mol. The van der Waals surface area contributed by atoms with Crippen LogP contribution >= 0.6 is 0 Å². The third-order valence-corrected chi connectivity index (χ3v) is 2.81. The van der Waals surface area contributed by atoms with Crippen molar-refractivity contribution >= 4 is 5.69 Å². The number of hydrogen-bond acceptors (Lipinski definition) is 5. The number of anilines is 1. The molecule has 1 heterocycles. The first-order valence-electron chi connectivity index (χ1n) is 5.97. The van der Waals surface area contributed by atoms with Crippen LogP contribution in [0.25, 0.3) is 0 Å². The number of nitrogen functional groups attached to an aromatic ring is 1. The van der Waals surface area contributed by atoms with Gasteiger partial charge in [-0.05, 0) is 23.4 Å². The van der Waals surface area contributed by atoms with Gasteiger partial charge in [-0.3, -0.25) is 4.90 Å². The molecule has 0 aliphatic rings. The number of benzene rings is 1. The number of rotatable bonds is 5. The fourth-order valence-electron chi connectivity index (χ4n) is 1.79. The summed E-state index contributed by atoms with van der Waals surface area (Å²) < 4.78 is 0. The van der Waals surface area contributed by atoms with E-state index in [1.54, 1.807) is 7.05 Å². The van der Waals surface area contributed by atoms with Gasteiger partial charge in [-0.1, -0.05) is 25.1 Å². The quantitative estimate of drug-likeness (QED) is 0.790. The maximum Gasteiger partial charge on any atom is 0.188 e. The van der Waals surface area contributed by atoms with Gasteiger partial charge in [0.1, 0.15) is 0 Å². The molecule has 0 saturated carbocycles. The first kappa shape index (κ1) is 12.5. The van der Waals surface area contributed by atoms with E-state index in [2.05, 4.69) is 27.2 Å². The second kappa shape index (κ2) is 5.59. The van der Waals surface area contributed by atoms with Crippen LogP contribution in [0.15, 0.2) is 24.3 Å². The lowest BCUT2D eigenvalue weighted by atomic mass is 10.1. The second-order valence-corrected chi connectivity index (χ2v) is 4.20. The zero-order valence-electron chi connectivity index (χ0n) is 10.7. The molecule has 0 amide bonds. The van der Waals surface area contributed by atoms with Crippen molar-refractivity contribution in [3.8, 4) is 0 Å². The molecule has 2 aromatic rings. The summed E-state index contributed by atoms with van der Waals surface area (Å²) in [6.45, 7) is 4.49. The Labute approximate surface area is 106 Å². The summed E-state index contributed by atoms with van der Waals surface area (Å²) in [4.78, 5) is 3.70. The Morgan fingerprint density at radius 2 is 2.06 bits per heavy atom. The summed E-state index contributed by atoms with van der Waals surface area (Å²) in [6.07, 6.45) is 0. The maximum atomic E-state index is 5.95. The van der Waals surface area contributed by atoms with Crippen LogP contribution in [0.5, 0.6) is 0 Å². The highest BCUT2D eigenvalue weighted by atomic mass is 15.6. The lowest BCUT2D eigenvalue weighted by Crippen LogP contribution is -2.23. The Hall–Kier alpha value is -1.95. The lowest BCUT2D eigenvalue weighted by molar-refractivity contribution is 0.264. The smallest absolute Gasteiger partial charge is 0.188 e. The lowest BCUT2D eigenvalue weighted by Gasteiger charge is -2.19. The fourth-order valence-corrected chi connectivity index (χ4v) is 1.79. The topological polar surface area (TPSA) is 72.9 Å². The van der Waals surface area contributed by atoms with Crippen LogP contribution in [-0.4, -0.2) is 31.7 Å². The van der Waals surface area contributed by atoms with Gasteiger partial charge in [-0.15, -0.1) is 10.2 Å². The number of aryl methyl sites for hydroxylation is 1. The van der Waals surface area contributed by atoms with Crippen LogP contribution < -0.4 is 5.73 Å². The average Bonchev–Trinajstić information content (AvgIpc) is 2.76. The molecule has 6 heteroatoms. The van der Waals surface area contributed by atoms with Gasteiger partial charge in [-0.2, -0.15) is 4.80 Å². The third kappa shape index (κ3) is 3.04. The minimum absolute atomic E-state index is 0.679. The van der Waals surface area contributed by atoms with Crippen molar-refractivity contribution < 1.29 is 0 Å². The molecule has 0 atom stereocenters. The van der Waals surface area contributed by atoms with Gasteiger partial charge in [0.15, 0.2) is 5.82 Å². The van der Waals surface area contributed by atoms with Crippen molar-refractivity contribution in [2.45, 2.75) is 20.0 Å². The molecule has 1 aromatic heterocycles. The molecule has 0 fully saturated rings. The third-order valence-electron chi connectivity index (χ3n) is 2.81. The van der Waals surface area contributed by atoms with Crippen molar-refractivity contribution in [1.82, 2.24) is 25.1 Å². The molecule has 0 aliphatic carbocycles. The van der Waals surface area contributed by atoms with Gasteiger partial charge in [0.25, 0.3) is 0 Å². The minimum Gasteiger partial charge on any atom is -0.398 e. The van der Waals surface area contributed by atoms with Gasteiger partial charge >= 0.3 is 0 Å². The largest absolute Gasteiger partial charge is 0.398 e. The second-order valence-electron chi connectivity index (χ2n) is 4.20. The number of tetrazole rings is 1. The number of hydrogen-bond donors (Lipinski definition) is 1. The van der Waals surface area contributed by atoms with Crippen molar-refractivity contribution in [3.05, 3.63) is 35.7 Å². The van der Waals surface area contributed by atoms with Crippen LogP contribution in [-0.2, 0) is 20.1 Å². The zero-order valence-corrected chi connectivity index (χ0v) is 10.7. The van der Waals surface area contributed by atoms with Crippen molar-refractivity contribution in [3.63, 3.8) is 0 Å². The molecule has 0 unspecified atom stereocenters. The van der Waals surface area contributed by atoms with Gasteiger partial charge in [0.05, 0.1) is 13.6 Å². The zero-order chi connectivity index (χ0) is 13.0. The van der Waals surface area contributed by atoms with Gasteiger partial charge in [0, 0.05) is 12.2 Å². The summed E-state index contributed by atoms with van der Waals surface area (Å²) in [5.41, 5.74) is 7.90. The molecule has 0 spiro atoms. The van der Waals surface area contributed by atoms with Crippen molar-refractivity contribution in [2.75, 3.05) is 12.3 Å². The van der Waals surface area contributed by atoms with E-state index < -0.39 is 0 Å². The predicted octanol–water partition coefficient (Wildman–Crippen LogP) is 0.814. The van der Waals surface area contributed by atoms with Crippen molar-refractivity contribution in [1.29, 1.82) is 0 Å². The van der Waals surface area contributed by atoms with Crippen LogP contribution in [0, 0.1) is 0 Å². The maximum absolute atomic E-state index is 5.95. The highest BCUT2D eigenvalue weighted by Gasteiger charge is 2.10. The standard InChI is InChI=1S/C12H18N6/c1-3-18(9-12-14-16-17(2)15-12)8-10-6-4-5-7-11(10)13/h4-7H,3,8-9,13H2,1-2H3. The van der Waals surface area contributed by atoms with Crippen LogP contribution in [0.1, 0.15) is 18.3 Å². The number of nitrogens with zero attached hydrogens (tertiary/aromatic N) is 5. The Morgan fingerprint density at radius 1 is 1.28 bits per heavy atom. The van der Waals surface area contributed by atoms with E-state index >= 15 is 0 Å². The molecule has 0 aliphatic heterocycles. The van der Waals surface area contributed by atoms with E-state index in [4.69, 9.17) is 5.73 Å². The highest BCUT2D eigenvalue weighted by Crippen LogP contribution is 2.14. The molecule has 0 radical (unpaired) electrons. The van der Waals surface area contributed by atoms with E-state index in [1.165, 1.54) is 4.80 Å². The van der Waals surface area contributed by atoms with E-state index in [0.717, 1.165) is 30.2 Å². The normalized spacial score (nSPS) is 11.1. The molecule has 0 bridgehead atoms. The average molecular weight is 246 g/mol. The molecule has 2 rings (SSSR count). The molecule has 96 valence electrons. The van der Waals surface area contributed by atoms with Gasteiger partial charge in [-0.25, -0.2) is 0 Å². The molecular weight excluding hydrogens is 228 g/mol. The molecule has 6 nitrogen and oxygen atoms in total. The van der Waals surface area contributed by atoms with E-state index in [9.17, 15) is 0 Å². The van der Waals surface area contributed by atoms with Gasteiger partial charge in [0.2, 0.25) is 0 Å². The van der Waals surface area contributed by atoms with Crippen LogP contribution in [0.4, 0.5) is 5.69 Å². The fraction of sp³-hybridized carbons (Fsp3) is 0.417. The molecule has 2 N–H and O–H groups in total. The van der Waals surface area contributed by atoms with Crippen LogP contribution in [0.3, 0.4) is 0 Å². The summed E-state index contributed by atoms with van der Waals surface area (Å²) in [7, 11) is 1.77. The van der Waals surface area contributed by atoms with E-state index in [-0.39, 0.29) is 0 Å². The summed E-state index contributed by atoms with van der Waals surface area (Å²) in [5, 5.41) is 12.0.